The lowest BCUT2D eigenvalue weighted by Crippen LogP contribution is -2.65. The van der Waals surface area contributed by atoms with Gasteiger partial charge in [-0.2, -0.15) is 8.78 Å². The van der Waals surface area contributed by atoms with Crippen LogP contribution in [0.1, 0.15) is 36.6 Å². The van der Waals surface area contributed by atoms with E-state index in [2.05, 4.69) is 38.9 Å². The summed E-state index contributed by atoms with van der Waals surface area (Å²) in [7, 11) is 0. The van der Waals surface area contributed by atoms with Crippen LogP contribution < -0.4 is 15.0 Å². The molecule has 1 N–H and O–H groups in total. The number of rotatable bonds is 7. The van der Waals surface area contributed by atoms with Crippen LogP contribution in [0.2, 0.25) is 0 Å². The summed E-state index contributed by atoms with van der Waals surface area (Å²) in [5, 5.41) is 2.80. The fraction of sp³-hybridized carbons (Fsp3) is 0.333. The average molecular weight is 453 g/mol. The number of carbonyl (C=O) groups excluding carboxylic acids is 1. The molecule has 0 unspecified atom stereocenters. The third kappa shape index (κ3) is 4.48. The van der Waals surface area contributed by atoms with Crippen molar-refractivity contribution in [1.29, 1.82) is 0 Å². The van der Waals surface area contributed by atoms with Crippen molar-refractivity contribution in [3.8, 4) is 5.88 Å². The number of amides is 1. The Labute approximate surface area is 190 Å². The first-order chi connectivity index (χ1) is 15.8. The molecule has 0 spiro atoms. The second-order valence-electron chi connectivity index (χ2n) is 8.38. The first-order valence-electron chi connectivity index (χ1n) is 10.6. The van der Waals surface area contributed by atoms with Crippen molar-refractivity contribution in [2.45, 2.75) is 38.7 Å². The molecule has 2 aromatic heterocycles. The summed E-state index contributed by atoms with van der Waals surface area (Å²) in [6.07, 6.45) is 4.84. The zero-order valence-corrected chi connectivity index (χ0v) is 18.6. The van der Waals surface area contributed by atoms with E-state index in [1.54, 1.807) is 31.6 Å². The summed E-state index contributed by atoms with van der Waals surface area (Å²) in [6.45, 7) is 3.48. The van der Waals surface area contributed by atoms with Gasteiger partial charge in [-0.1, -0.05) is 38.1 Å². The molecule has 1 saturated heterocycles. The van der Waals surface area contributed by atoms with Gasteiger partial charge in [0.1, 0.15) is 16.9 Å². The number of alkyl halides is 2. The Hall–Kier alpha value is -3.62. The Bertz CT molecular complexity index is 1130. The van der Waals surface area contributed by atoms with E-state index in [0.717, 1.165) is 11.1 Å². The number of hydrogen-bond donors (Lipinski definition) is 1. The van der Waals surface area contributed by atoms with Crippen LogP contribution in [0.25, 0.3) is 0 Å². The number of ether oxygens (including phenoxy) is 1. The number of hydrogen-bond acceptors (Lipinski definition) is 6. The third-order valence-electron chi connectivity index (χ3n) is 5.78. The molecule has 0 atom stereocenters. The highest BCUT2D eigenvalue weighted by Crippen LogP contribution is 2.41. The normalized spacial score (nSPS) is 14.8. The van der Waals surface area contributed by atoms with Gasteiger partial charge in [0.05, 0.1) is 6.20 Å². The van der Waals surface area contributed by atoms with Gasteiger partial charge in [-0.3, -0.25) is 9.78 Å². The number of aromatic nitrogens is 3. The SMILES string of the molecule is Cc1ccc(NC(=O)C2(c3ccccc3C(C)C)CN(c3cnccn3)C2)c(OC(F)F)n1. The van der Waals surface area contributed by atoms with Crippen molar-refractivity contribution in [3.63, 3.8) is 0 Å². The Morgan fingerprint density at radius 3 is 2.58 bits per heavy atom. The predicted octanol–water partition coefficient (Wildman–Crippen LogP) is 4.30. The van der Waals surface area contributed by atoms with Crippen molar-refractivity contribution in [2.24, 2.45) is 0 Å². The Kier molecular flexibility index (Phi) is 6.22. The fourth-order valence-corrected chi connectivity index (χ4v) is 4.14. The van der Waals surface area contributed by atoms with Crippen molar-refractivity contribution in [2.75, 3.05) is 23.3 Å². The van der Waals surface area contributed by atoms with Crippen LogP contribution in [0.4, 0.5) is 20.3 Å². The van der Waals surface area contributed by atoms with E-state index in [4.69, 9.17) is 0 Å². The lowest BCUT2D eigenvalue weighted by atomic mass is 9.69. The number of halogens is 2. The van der Waals surface area contributed by atoms with E-state index in [1.807, 2.05) is 29.2 Å². The van der Waals surface area contributed by atoms with Crippen molar-refractivity contribution in [3.05, 3.63) is 71.8 Å². The van der Waals surface area contributed by atoms with Gasteiger partial charge in [-0.05, 0) is 36.1 Å². The van der Waals surface area contributed by atoms with Crippen LogP contribution in [0, 0.1) is 6.92 Å². The standard InChI is InChI=1S/C24H25F2N5O2/c1-15(2)17-6-4-5-7-18(17)24(13-31(14-24)20-12-27-10-11-28-20)22(32)30-19-9-8-16(3)29-21(19)33-23(25)26/h4-12,15,23H,13-14H2,1-3H3,(H,30,32). The molecule has 0 radical (unpaired) electrons. The van der Waals surface area contributed by atoms with Crippen LogP contribution >= 0.6 is 0 Å². The van der Waals surface area contributed by atoms with Gasteiger partial charge in [0.2, 0.25) is 11.8 Å². The molecular weight excluding hydrogens is 428 g/mol. The molecule has 172 valence electrons. The zero-order valence-electron chi connectivity index (χ0n) is 18.6. The molecular formula is C24H25F2N5O2. The first-order valence-corrected chi connectivity index (χ1v) is 10.6. The van der Waals surface area contributed by atoms with Gasteiger partial charge in [0, 0.05) is 31.2 Å². The molecule has 0 bridgehead atoms. The molecule has 3 heterocycles. The minimum Gasteiger partial charge on any atom is -0.415 e. The summed E-state index contributed by atoms with van der Waals surface area (Å²) in [5.74, 6) is 0.230. The first kappa shape index (κ1) is 22.6. The van der Waals surface area contributed by atoms with Crippen LogP contribution in [0.3, 0.4) is 0 Å². The van der Waals surface area contributed by atoms with Crippen molar-refractivity contribution in [1.82, 2.24) is 15.0 Å². The smallest absolute Gasteiger partial charge is 0.388 e. The molecule has 9 heteroatoms. The van der Waals surface area contributed by atoms with Gasteiger partial charge in [-0.25, -0.2) is 9.97 Å². The van der Waals surface area contributed by atoms with Crippen molar-refractivity contribution < 1.29 is 18.3 Å². The third-order valence-corrected chi connectivity index (χ3v) is 5.78. The van der Waals surface area contributed by atoms with Gasteiger partial charge in [-0.15, -0.1) is 0 Å². The van der Waals surface area contributed by atoms with Crippen molar-refractivity contribution >= 4 is 17.4 Å². The molecule has 4 rings (SSSR count). The second-order valence-corrected chi connectivity index (χ2v) is 8.38. The minimum atomic E-state index is -3.05. The number of carbonyl (C=O) groups is 1. The number of pyridine rings is 1. The van der Waals surface area contributed by atoms with Gasteiger partial charge >= 0.3 is 6.61 Å². The van der Waals surface area contributed by atoms with E-state index in [1.165, 1.54) is 6.07 Å². The quantitative estimate of drug-likeness (QED) is 0.575. The number of benzene rings is 1. The van der Waals surface area contributed by atoms with E-state index < -0.39 is 12.0 Å². The summed E-state index contributed by atoms with van der Waals surface area (Å²) in [5.41, 5.74) is 1.64. The Balaban J connectivity index is 1.71. The molecule has 3 aromatic rings. The van der Waals surface area contributed by atoms with Gasteiger partial charge < -0.3 is 15.0 Å². The van der Waals surface area contributed by atoms with Gasteiger partial charge in [0.25, 0.3) is 0 Å². The summed E-state index contributed by atoms with van der Waals surface area (Å²) in [6, 6.07) is 11.0. The second kappa shape index (κ2) is 9.09. The molecule has 7 nitrogen and oxygen atoms in total. The highest BCUT2D eigenvalue weighted by atomic mass is 19.3. The largest absolute Gasteiger partial charge is 0.415 e. The molecule has 0 saturated carbocycles. The lowest BCUT2D eigenvalue weighted by Gasteiger charge is -2.50. The maximum atomic E-state index is 13.7. The van der Waals surface area contributed by atoms with Crippen LogP contribution in [0.5, 0.6) is 5.88 Å². The molecule has 1 aromatic carbocycles. The van der Waals surface area contributed by atoms with Crippen LogP contribution in [-0.2, 0) is 10.2 Å². The number of nitrogens with one attached hydrogen (secondary N) is 1. The molecule has 1 aliphatic rings. The predicted molar refractivity (Wildman–Crippen MR) is 121 cm³/mol. The maximum Gasteiger partial charge on any atom is 0.388 e. The van der Waals surface area contributed by atoms with E-state index in [0.29, 0.717) is 24.6 Å². The average Bonchev–Trinajstić information content (AvgIpc) is 2.75. The molecule has 33 heavy (non-hydrogen) atoms. The fourth-order valence-electron chi connectivity index (χ4n) is 4.14. The highest BCUT2D eigenvalue weighted by molar-refractivity contribution is 6.02. The van der Waals surface area contributed by atoms with Crippen LogP contribution in [0.15, 0.2) is 55.0 Å². The van der Waals surface area contributed by atoms with Gasteiger partial charge in [0.15, 0.2) is 0 Å². The summed E-state index contributed by atoms with van der Waals surface area (Å²) in [4.78, 5) is 28.2. The van der Waals surface area contributed by atoms with E-state index in [-0.39, 0.29) is 23.4 Å². The maximum absolute atomic E-state index is 13.7. The summed E-state index contributed by atoms with van der Waals surface area (Å²) >= 11 is 0. The summed E-state index contributed by atoms with van der Waals surface area (Å²) < 4.78 is 30.4. The molecule has 1 aliphatic heterocycles. The number of nitrogens with zero attached hydrogens (tertiary/aromatic N) is 4. The zero-order chi connectivity index (χ0) is 23.6. The Morgan fingerprint density at radius 2 is 1.91 bits per heavy atom. The monoisotopic (exact) mass is 453 g/mol. The molecule has 0 aliphatic carbocycles. The topological polar surface area (TPSA) is 80.2 Å². The molecule has 1 amide bonds. The highest BCUT2D eigenvalue weighted by Gasteiger charge is 2.52. The Morgan fingerprint density at radius 1 is 1.15 bits per heavy atom. The van der Waals surface area contributed by atoms with E-state index >= 15 is 0 Å². The lowest BCUT2D eigenvalue weighted by molar-refractivity contribution is -0.122. The number of aryl methyl sites for hydroxylation is 1. The van der Waals surface area contributed by atoms with Crippen LogP contribution in [-0.4, -0.2) is 40.6 Å². The minimum absolute atomic E-state index is 0.102. The number of anilines is 2. The van der Waals surface area contributed by atoms with E-state index in [9.17, 15) is 13.6 Å². The molecule has 1 fully saturated rings.